The number of ketones is 2. The van der Waals surface area contributed by atoms with Crippen LogP contribution in [0.2, 0.25) is 5.02 Å². The van der Waals surface area contributed by atoms with E-state index in [-0.39, 0.29) is 23.9 Å². The van der Waals surface area contributed by atoms with Crippen LogP contribution >= 0.6 is 11.6 Å². The highest BCUT2D eigenvalue weighted by atomic mass is 35.5. The molecule has 0 unspecified atom stereocenters. The molecular weight excluding hydrogens is 212 g/mol. The Morgan fingerprint density at radius 1 is 1.33 bits per heavy atom. The highest BCUT2D eigenvalue weighted by Gasteiger charge is 2.30. The molecule has 0 saturated heterocycles. The molecule has 0 bridgehead atoms. The van der Waals surface area contributed by atoms with Crippen LogP contribution in [0.1, 0.15) is 29.6 Å². The van der Waals surface area contributed by atoms with Gasteiger partial charge in [0.1, 0.15) is 5.78 Å². The van der Waals surface area contributed by atoms with Crippen molar-refractivity contribution in [2.24, 2.45) is 5.92 Å². The van der Waals surface area contributed by atoms with Crippen LogP contribution in [0.4, 0.5) is 0 Å². The molecule has 1 aliphatic carbocycles. The number of carbonyl (C=O) groups is 2. The van der Waals surface area contributed by atoms with Gasteiger partial charge >= 0.3 is 0 Å². The molecule has 1 aliphatic rings. The van der Waals surface area contributed by atoms with Crippen molar-refractivity contribution in [2.45, 2.75) is 19.3 Å². The minimum absolute atomic E-state index is 0.0189. The number of hydrogen-bond donors (Lipinski definition) is 0. The number of Topliss-reactive ketones (excluding diaryl/α,β-unsaturated/α-hetero) is 2. The molecule has 2 nitrogen and oxygen atoms in total. The molecule has 0 N–H and O–H groups in total. The smallest absolute Gasteiger partial charge is 0.170 e. The zero-order valence-corrected chi connectivity index (χ0v) is 8.96. The summed E-state index contributed by atoms with van der Waals surface area (Å²) in [5.41, 5.74) is 0.525. The quantitative estimate of drug-likeness (QED) is 0.580. The summed E-state index contributed by atoms with van der Waals surface area (Å²) in [6, 6.07) is 6.72. The molecule has 0 aliphatic heterocycles. The van der Waals surface area contributed by atoms with E-state index >= 15 is 0 Å². The van der Waals surface area contributed by atoms with E-state index in [2.05, 4.69) is 0 Å². The highest BCUT2D eigenvalue weighted by molar-refractivity contribution is 6.31. The summed E-state index contributed by atoms with van der Waals surface area (Å²) >= 11 is 5.76. The first-order chi connectivity index (χ1) is 7.16. The highest BCUT2D eigenvalue weighted by Crippen LogP contribution is 2.31. The van der Waals surface area contributed by atoms with Crippen molar-refractivity contribution in [3.05, 3.63) is 34.9 Å². The molecule has 3 heteroatoms. The predicted octanol–water partition coefficient (Wildman–Crippen LogP) is 2.89. The summed E-state index contributed by atoms with van der Waals surface area (Å²) in [4.78, 5) is 23.1. The number of halogens is 1. The topological polar surface area (TPSA) is 34.1 Å². The first-order valence-corrected chi connectivity index (χ1v) is 5.36. The van der Waals surface area contributed by atoms with Crippen LogP contribution in [-0.2, 0) is 4.79 Å². The number of hydrogen-bond acceptors (Lipinski definition) is 2. The van der Waals surface area contributed by atoms with E-state index < -0.39 is 0 Å². The Morgan fingerprint density at radius 3 is 2.67 bits per heavy atom. The van der Waals surface area contributed by atoms with Gasteiger partial charge in [0.25, 0.3) is 0 Å². The first kappa shape index (κ1) is 10.4. The number of rotatable bonds is 4. The van der Waals surface area contributed by atoms with E-state index in [0.29, 0.717) is 10.6 Å². The summed E-state index contributed by atoms with van der Waals surface area (Å²) in [5.74, 6) is 0.0857. The van der Waals surface area contributed by atoms with Crippen molar-refractivity contribution in [1.29, 1.82) is 0 Å². The van der Waals surface area contributed by atoms with Crippen LogP contribution in [-0.4, -0.2) is 11.6 Å². The SMILES string of the molecule is O=C(CC(=O)C1CC1)c1cccc(Cl)c1. The zero-order chi connectivity index (χ0) is 10.8. The van der Waals surface area contributed by atoms with Crippen LogP contribution in [0.3, 0.4) is 0 Å². The van der Waals surface area contributed by atoms with Gasteiger partial charge in [-0.15, -0.1) is 0 Å². The Kier molecular flexibility index (Phi) is 2.87. The van der Waals surface area contributed by atoms with Crippen molar-refractivity contribution < 1.29 is 9.59 Å². The summed E-state index contributed by atoms with van der Waals surface area (Å²) in [6.07, 6.45) is 1.91. The molecule has 0 aromatic heterocycles. The Morgan fingerprint density at radius 2 is 2.07 bits per heavy atom. The molecule has 1 aromatic carbocycles. The van der Waals surface area contributed by atoms with E-state index in [4.69, 9.17) is 11.6 Å². The third kappa shape index (κ3) is 2.66. The van der Waals surface area contributed by atoms with Gasteiger partial charge in [0.15, 0.2) is 5.78 Å². The second-order valence-electron chi connectivity index (χ2n) is 3.85. The van der Waals surface area contributed by atoms with Crippen LogP contribution in [0.25, 0.3) is 0 Å². The fourth-order valence-electron chi connectivity index (χ4n) is 1.47. The van der Waals surface area contributed by atoms with Crippen molar-refractivity contribution in [3.63, 3.8) is 0 Å². The molecule has 0 spiro atoms. The standard InChI is InChI=1S/C12H11ClO2/c13-10-3-1-2-9(6-10)12(15)7-11(14)8-4-5-8/h1-3,6,8H,4-5,7H2. The molecule has 1 saturated carbocycles. The van der Waals surface area contributed by atoms with Gasteiger partial charge in [0, 0.05) is 16.5 Å². The average Bonchev–Trinajstić information content (AvgIpc) is 3.00. The summed E-state index contributed by atoms with van der Waals surface area (Å²) in [7, 11) is 0. The maximum absolute atomic E-state index is 11.7. The van der Waals surface area contributed by atoms with Gasteiger partial charge in [-0.3, -0.25) is 9.59 Å². The molecule has 78 valence electrons. The molecule has 15 heavy (non-hydrogen) atoms. The van der Waals surface area contributed by atoms with Crippen molar-refractivity contribution in [1.82, 2.24) is 0 Å². The molecule has 1 fully saturated rings. The Labute approximate surface area is 93.2 Å². The Bertz CT molecular complexity index is 408. The third-order valence-corrected chi connectivity index (χ3v) is 2.75. The Balaban J connectivity index is 2.03. The molecule has 0 radical (unpaired) electrons. The maximum Gasteiger partial charge on any atom is 0.170 e. The van der Waals surface area contributed by atoms with Crippen molar-refractivity contribution in [3.8, 4) is 0 Å². The van der Waals surface area contributed by atoms with E-state index in [1.165, 1.54) is 0 Å². The lowest BCUT2D eigenvalue weighted by Crippen LogP contribution is -2.09. The van der Waals surface area contributed by atoms with Gasteiger partial charge in [0.2, 0.25) is 0 Å². The van der Waals surface area contributed by atoms with E-state index in [0.717, 1.165) is 12.8 Å². The lowest BCUT2D eigenvalue weighted by Gasteiger charge is -2.00. The van der Waals surface area contributed by atoms with Crippen LogP contribution in [0, 0.1) is 5.92 Å². The van der Waals surface area contributed by atoms with Gasteiger partial charge in [-0.2, -0.15) is 0 Å². The number of benzene rings is 1. The van der Waals surface area contributed by atoms with Crippen LogP contribution < -0.4 is 0 Å². The summed E-state index contributed by atoms with van der Waals surface area (Å²) < 4.78 is 0. The third-order valence-electron chi connectivity index (χ3n) is 2.51. The molecule has 0 amide bonds. The van der Waals surface area contributed by atoms with E-state index in [9.17, 15) is 9.59 Å². The normalized spacial score (nSPS) is 15.0. The van der Waals surface area contributed by atoms with Crippen molar-refractivity contribution in [2.75, 3.05) is 0 Å². The second kappa shape index (κ2) is 4.15. The van der Waals surface area contributed by atoms with E-state index in [1.54, 1.807) is 24.3 Å². The molecule has 2 rings (SSSR count). The summed E-state index contributed by atoms with van der Waals surface area (Å²) in [5, 5.41) is 0.528. The van der Waals surface area contributed by atoms with Gasteiger partial charge in [0.05, 0.1) is 6.42 Å². The van der Waals surface area contributed by atoms with Gasteiger partial charge in [-0.05, 0) is 25.0 Å². The monoisotopic (exact) mass is 222 g/mol. The molecule has 0 atom stereocenters. The van der Waals surface area contributed by atoms with Crippen molar-refractivity contribution >= 4 is 23.2 Å². The van der Waals surface area contributed by atoms with Crippen LogP contribution in [0.5, 0.6) is 0 Å². The zero-order valence-electron chi connectivity index (χ0n) is 8.20. The first-order valence-electron chi connectivity index (χ1n) is 4.98. The average molecular weight is 223 g/mol. The fraction of sp³-hybridized carbons (Fsp3) is 0.333. The van der Waals surface area contributed by atoms with E-state index in [1.807, 2.05) is 0 Å². The Hall–Kier alpha value is -1.15. The van der Waals surface area contributed by atoms with Gasteiger partial charge < -0.3 is 0 Å². The molecular formula is C12H11ClO2. The predicted molar refractivity (Wildman–Crippen MR) is 58.1 cm³/mol. The maximum atomic E-state index is 11.7. The minimum atomic E-state index is -0.130. The largest absolute Gasteiger partial charge is 0.299 e. The fourth-order valence-corrected chi connectivity index (χ4v) is 1.66. The number of carbonyl (C=O) groups excluding carboxylic acids is 2. The van der Waals surface area contributed by atoms with Crippen LogP contribution in [0.15, 0.2) is 24.3 Å². The summed E-state index contributed by atoms with van der Waals surface area (Å²) in [6.45, 7) is 0. The lowest BCUT2D eigenvalue weighted by molar-refractivity contribution is -0.119. The minimum Gasteiger partial charge on any atom is -0.299 e. The molecule has 0 heterocycles. The van der Waals surface area contributed by atoms with Gasteiger partial charge in [-0.1, -0.05) is 23.7 Å². The molecule has 1 aromatic rings. The second-order valence-corrected chi connectivity index (χ2v) is 4.29. The van der Waals surface area contributed by atoms with Gasteiger partial charge in [-0.25, -0.2) is 0 Å². The lowest BCUT2D eigenvalue weighted by atomic mass is 10.0.